The number of benzene rings is 3. The average Bonchev–Trinajstić information content (AvgIpc) is 2.90. The molecule has 0 aliphatic heterocycles. The van der Waals surface area contributed by atoms with Crippen LogP contribution in [0.1, 0.15) is 50.4 Å². The zero-order valence-corrected chi connectivity index (χ0v) is 22.4. The van der Waals surface area contributed by atoms with E-state index in [1.807, 2.05) is 0 Å². The maximum absolute atomic E-state index is 2.36. The number of rotatable bonds is 3. The quantitative estimate of drug-likeness (QED) is 0.230. The van der Waals surface area contributed by atoms with Crippen molar-refractivity contribution in [2.45, 2.75) is 40.5 Å². The molecule has 0 atom stereocenters. The third kappa shape index (κ3) is 6.22. The summed E-state index contributed by atoms with van der Waals surface area (Å²) in [6.07, 6.45) is 0. The summed E-state index contributed by atoms with van der Waals surface area (Å²) < 4.78 is 0. The van der Waals surface area contributed by atoms with Crippen molar-refractivity contribution >= 4 is 10.8 Å². The van der Waals surface area contributed by atoms with E-state index in [1.165, 1.54) is 55.3 Å². The van der Waals surface area contributed by atoms with Gasteiger partial charge in [-0.1, -0.05) is 71.6 Å². The molecule has 0 radical (unpaired) electrons. The fraction of sp³-hybridized carbons (Fsp3) is 0.222. The van der Waals surface area contributed by atoms with Crippen molar-refractivity contribution in [3.63, 3.8) is 0 Å². The number of hydrogen-bond donors (Lipinski definition) is 0. The zero-order chi connectivity index (χ0) is 19.1. The van der Waals surface area contributed by atoms with Crippen LogP contribution in [0.4, 0.5) is 0 Å². The summed E-state index contributed by atoms with van der Waals surface area (Å²) in [6.45, 7) is 11.1. The Morgan fingerprint density at radius 2 is 1.00 bits per heavy atom. The van der Waals surface area contributed by atoms with Gasteiger partial charge in [0.15, 0.2) is 0 Å². The first-order chi connectivity index (χ1) is 12.9. The molecular formula is C27H27Cl3Ti. The summed E-state index contributed by atoms with van der Waals surface area (Å²) in [4.78, 5) is 0. The molecule has 0 aromatic heterocycles. The van der Waals surface area contributed by atoms with Gasteiger partial charge in [0.1, 0.15) is 0 Å². The second-order valence-corrected chi connectivity index (χ2v) is 8.10. The second-order valence-electron chi connectivity index (χ2n) is 8.10. The van der Waals surface area contributed by atoms with Crippen LogP contribution in [-0.4, -0.2) is 0 Å². The summed E-state index contributed by atoms with van der Waals surface area (Å²) in [6, 6.07) is 25.1. The number of aryl methyl sites for hydroxylation is 5. The minimum absolute atomic E-state index is 0. The molecule has 0 fully saturated rings. The summed E-state index contributed by atoms with van der Waals surface area (Å²) in [5, 5.41) is 2.71. The number of halogens is 3. The Bertz CT molecular complexity index is 1050. The summed E-state index contributed by atoms with van der Waals surface area (Å²) in [5.41, 5.74) is 10.9. The third-order valence-corrected chi connectivity index (χ3v) is 5.49. The topological polar surface area (TPSA) is 0 Å². The Hall–Kier alpha value is -1.15. The molecule has 31 heavy (non-hydrogen) atoms. The minimum atomic E-state index is 0. The molecule has 0 N–H and O–H groups in total. The number of fused-ring (bicyclic) bond motifs is 1. The van der Waals surface area contributed by atoms with Crippen LogP contribution in [0.25, 0.3) is 10.8 Å². The Kier molecular flexibility index (Phi) is 11.7. The smallest absolute Gasteiger partial charge is 1.00 e. The van der Waals surface area contributed by atoms with E-state index in [9.17, 15) is 0 Å². The molecule has 160 valence electrons. The SMILES string of the molecule is Cc1cc(C)cc(C(c2cc(C)cc(C)c2)[c-]2c(C)cc3ccccc32)c1.[Cl-].[Cl-].[Cl-].[Ti+4]. The normalized spacial score (nSPS) is 10.0. The van der Waals surface area contributed by atoms with Crippen LogP contribution in [0.15, 0.2) is 66.7 Å². The summed E-state index contributed by atoms with van der Waals surface area (Å²) in [5.74, 6) is 0.252. The second kappa shape index (κ2) is 12.2. The first kappa shape index (κ1) is 29.9. The molecule has 4 heteroatoms. The Morgan fingerprint density at radius 3 is 1.45 bits per heavy atom. The molecule has 4 aromatic carbocycles. The van der Waals surface area contributed by atoms with E-state index in [0.29, 0.717) is 0 Å². The van der Waals surface area contributed by atoms with Gasteiger partial charge < -0.3 is 37.2 Å². The van der Waals surface area contributed by atoms with Crippen LogP contribution in [-0.2, 0) is 21.7 Å². The van der Waals surface area contributed by atoms with Gasteiger partial charge >= 0.3 is 21.7 Å². The van der Waals surface area contributed by atoms with Crippen LogP contribution in [0, 0.1) is 34.6 Å². The zero-order valence-electron chi connectivity index (χ0n) is 18.6. The van der Waals surface area contributed by atoms with E-state index >= 15 is 0 Å². The molecule has 0 saturated heterocycles. The summed E-state index contributed by atoms with van der Waals surface area (Å²) in [7, 11) is 0. The molecule has 0 spiro atoms. The van der Waals surface area contributed by atoms with E-state index in [2.05, 4.69) is 101 Å². The third-order valence-electron chi connectivity index (χ3n) is 5.49. The van der Waals surface area contributed by atoms with E-state index in [4.69, 9.17) is 0 Å². The van der Waals surface area contributed by atoms with Crippen LogP contribution in [0.3, 0.4) is 0 Å². The molecule has 0 aliphatic carbocycles. The van der Waals surface area contributed by atoms with Gasteiger partial charge in [0, 0.05) is 5.92 Å². The van der Waals surface area contributed by atoms with Crippen LogP contribution in [0.5, 0.6) is 0 Å². The van der Waals surface area contributed by atoms with Crippen molar-refractivity contribution in [2.75, 3.05) is 0 Å². The van der Waals surface area contributed by atoms with Crippen molar-refractivity contribution in [3.8, 4) is 0 Å². The van der Waals surface area contributed by atoms with Gasteiger partial charge in [-0.05, 0) is 38.8 Å². The first-order valence-electron chi connectivity index (χ1n) is 9.73. The van der Waals surface area contributed by atoms with Crippen molar-refractivity contribution in [1.29, 1.82) is 0 Å². The standard InChI is InChI=1S/C27H27.3ClH.Ti/c1-17-10-18(2)13-23(12-17)27(24-14-19(3)11-20(4)15-24)26-21(5)16-22-8-6-7-9-25(22)26;;;;/h6-16,27H,1-5H3;3*1H;/q-1;;;;+4/p-3. The summed E-state index contributed by atoms with van der Waals surface area (Å²) >= 11 is 0. The van der Waals surface area contributed by atoms with Gasteiger partial charge in [-0.2, -0.15) is 6.07 Å². The Morgan fingerprint density at radius 1 is 0.581 bits per heavy atom. The number of hydrogen-bond acceptors (Lipinski definition) is 0. The molecule has 4 rings (SSSR count). The van der Waals surface area contributed by atoms with Gasteiger partial charge in [-0.15, -0.1) is 40.1 Å². The van der Waals surface area contributed by atoms with E-state index in [1.54, 1.807) is 0 Å². The van der Waals surface area contributed by atoms with Crippen LogP contribution in [0.2, 0.25) is 0 Å². The molecule has 0 nitrogen and oxygen atoms in total. The van der Waals surface area contributed by atoms with Gasteiger partial charge in [0.2, 0.25) is 0 Å². The van der Waals surface area contributed by atoms with Crippen molar-refractivity contribution in [3.05, 3.63) is 111 Å². The molecule has 4 aromatic rings. The molecule has 0 heterocycles. The molecule has 0 unspecified atom stereocenters. The van der Waals surface area contributed by atoms with Crippen LogP contribution < -0.4 is 37.2 Å². The van der Waals surface area contributed by atoms with E-state index in [0.717, 1.165) is 0 Å². The molecule has 0 amide bonds. The predicted molar refractivity (Wildman–Crippen MR) is 117 cm³/mol. The maximum atomic E-state index is 2.36. The van der Waals surface area contributed by atoms with Crippen molar-refractivity contribution < 1.29 is 58.9 Å². The molecule has 0 bridgehead atoms. The molecule has 0 aliphatic rings. The molecule has 0 saturated carbocycles. The van der Waals surface area contributed by atoms with Crippen LogP contribution >= 0.6 is 0 Å². The largest absolute Gasteiger partial charge is 4.00 e. The van der Waals surface area contributed by atoms with Gasteiger partial charge in [-0.25, -0.2) is 0 Å². The monoisotopic (exact) mass is 504 g/mol. The maximum Gasteiger partial charge on any atom is 4.00 e. The fourth-order valence-corrected chi connectivity index (χ4v) is 4.65. The average molecular weight is 506 g/mol. The van der Waals surface area contributed by atoms with E-state index in [-0.39, 0.29) is 64.9 Å². The predicted octanol–water partition coefficient (Wildman–Crippen LogP) is -1.71. The van der Waals surface area contributed by atoms with Gasteiger partial charge in [-0.3, -0.25) is 0 Å². The minimum Gasteiger partial charge on any atom is -1.00 e. The Labute approximate surface area is 220 Å². The Balaban J connectivity index is 0.00000225. The van der Waals surface area contributed by atoms with E-state index < -0.39 is 0 Å². The van der Waals surface area contributed by atoms with Crippen molar-refractivity contribution in [2.24, 2.45) is 0 Å². The van der Waals surface area contributed by atoms with Gasteiger partial charge in [0.05, 0.1) is 0 Å². The first-order valence-corrected chi connectivity index (χ1v) is 9.73. The molecular weight excluding hydrogens is 479 g/mol. The van der Waals surface area contributed by atoms with Gasteiger partial charge in [0.25, 0.3) is 0 Å². The fourth-order valence-electron chi connectivity index (χ4n) is 4.65. The van der Waals surface area contributed by atoms with Crippen molar-refractivity contribution in [1.82, 2.24) is 0 Å².